The average molecular weight is 259 g/mol. The van der Waals surface area contributed by atoms with E-state index in [9.17, 15) is 4.39 Å². The highest BCUT2D eigenvalue weighted by molar-refractivity contribution is 5.33. The van der Waals surface area contributed by atoms with Gasteiger partial charge in [-0.25, -0.2) is 9.37 Å². The molecular formula is C15H18FN3. The Morgan fingerprint density at radius 3 is 2.74 bits per heavy atom. The van der Waals surface area contributed by atoms with Crippen LogP contribution in [0.1, 0.15) is 42.9 Å². The summed E-state index contributed by atoms with van der Waals surface area (Å²) in [4.78, 5) is 4.56. The van der Waals surface area contributed by atoms with E-state index in [2.05, 4.69) is 28.7 Å². The van der Waals surface area contributed by atoms with Gasteiger partial charge in [-0.3, -0.25) is 0 Å². The minimum atomic E-state index is -0.201. The van der Waals surface area contributed by atoms with Crippen LogP contribution in [0.3, 0.4) is 0 Å². The highest BCUT2D eigenvalue weighted by Crippen LogP contribution is 2.29. The number of fused-ring (bicyclic) bond motifs is 1. The van der Waals surface area contributed by atoms with E-state index in [0.29, 0.717) is 6.04 Å². The zero-order valence-electron chi connectivity index (χ0n) is 11.2. The molecule has 2 aromatic rings. The Morgan fingerprint density at radius 1 is 1.32 bits per heavy atom. The first kappa shape index (κ1) is 12.4. The van der Waals surface area contributed by atoms with Crippen molar-refractivity contribution in [1.82, 2.24) is 14.9 Å². The zero-order chi connectivity index (χ0) is 13.4. The van der Waals surface area contributed by atoms with Crippen LogP contribution >= 0.6 is 0 Å². The van der Waals surface area contributed by atoms with Crippen molar-refractivity contribution in [3.8, 4) is 0 Å². The maximum Gasteiger partial charge on any atom is 0.123 e. The second-order valence-corrected chi connectivity index (χ2v) is 5.27. The van der Waals surface area contributed by atoms with Gasteiger partial charge in [-0.1, -0.05) is 12.1 Å². The second kappa shape index (κ2) is 4.78. The molecule has 0 saturated carbocycles. The minimum absolute atomic E-state index is 0.0735. The Hall–Kier alpha value is -1.68. The van der Waals surface area contributed by atoms with Crippen molar-refractivity contribution in [1.29, 1.82) is 0 Å². The summed E-state index contributed by atoms with van der Waals surface area (Å²) in [6.07, 6.45) is 2.91. The summed E-state index contributed by atoms with van der Waals surface area (Å²) in [6.45, 7) is 5.25. The molecule has 1 N–H and O–H groups in total. The van der Waals surface area contributed by atoms with Gasteiger partial charge in [-0.05, 0) is 31.5 Å². The summed E-state index contributed by atoms with van der Waals surface area (Å²) in [5, 5.41) is 3.47. The molecule has 19 heavy (non-hydrogen) atoms. The molecule has 100 valence electrons. The molecule has 1 aliphatic heterocycles. The normalized spacial score (nSPS) is 18.6. The number of hydrogen-bond donors (Lipinski definition) is 1. The summed E-state index contributed by atoms with van der Waals surface area (Å²) < 4.78 is 15.2. The Bertz CT molecular complexity index is 572. The van der Waals surface area contributed by atoms with Crippen molar-refractivity contribution >= 4 is 0 Å². The number of nitrogens with zero attached hydrogens (tertiary/aromatic N) is 2. The molecule has 0 radical (unpaired) electrons. The molecule has 1 aliphatic rings. The Labute approximate surface area is 112 Å². The molecule has 1 aromatic heterocycles. The zero-order valence-corrected chi connectivity index (χ0v) is 11.2. The minimum Gasteiger partial charge on any atom is -0.332 e. The van der Waals surface area contributed by atoms with Crippen molar-refractivity contribution < 1.29 is 4.39 Å². The first-order valence-corrected chi connectivity index (χ1v) is 6.71. The molecule has 3 rings (SSSR count). The van der Waals surface area contributed by atoms with Crippen LogP contribution in [0.4, 0.5) is 4.39 Å². The van der Waals surface area contributed by atoms with E-state index in [4.69, 9.17) is 0 Å². The van der Waals surface area contributed by atoms with Crippen LogP contribution in [0.15, 0.2) is 30.6 Å². The third-order valence-electron chi connectivity index (χ3n) is 3.67. The smallest absolute Gasteiger partial charge is 0.123 e. The molecule has 3 nitrogen and oxygen atoms in total. The lowest BCUT2D eigenvalue weighted by Gasteiger charge is -2.25. The lowest BCUT2D eigenvalue weighted by Crippen LogP contribution is -2.31. The van der Waals surface area contributed by atoms with Crippen LogP contribution in [0, 0.1) is 5.82 Å². The average Bonchev–Trinajstić information content (AvgIpc) is 2.83. The largest absolute Gasteiger partial charge is 0.332 e. The highest BCUT2D eigenvalue weighted by Gasteiger charge is 2.26. The van der Waals surface area contributed by atoms with E-state index in [1.54, 1.807) is 0 Å². The fourth-order valence-electron chi connectivity index (χ4n) is 2.71. The van der Waals surface area contributed by atoms with Gasteiger partial charge in [-0.15, -0.1) is 0 Å². The predicted octanol–water partition coefficient (Wildman–Crippen LogP) is 2.84. The molecule has 1 atom stereocenters. The van der Waals surface area contributed by atoms with Crippen LogP contribution in [0.2, 0.25) is 0 Å². The quantitative estimate of drug-likeness (QED) is 0.898. The lowest BCUT2D eigenvalue weighted by atomic mass is 9.97. The van der Waals surface area contributed by atoms with E-state index in [0.717, 1.165) is 24.2 Å². The number of hydrogen-bond acceptors (Lipinski definition) is 2. The van der Waals surface area contributed by atoms with E-state index in [-0.39, 0.29) is 11.9 Å². The Balaban J connectivity index is 2.01. The molecule has 0 saturated heterocycles. The molecule has 0 aliphatic carbocycles. The topological polar surface area (TPSA) is 29.9 Å². The summed E-state index contributed by atoms with van der Waals surface area (Å²) in [5.41, 5.74) is 3.44. The summed E-state index contributed by atoms with van der Waals surface area (Å²) in [6, 6.07) is 7.16. The molecule has 0 spiro atoms. The standard InChI is InChI=1S/C15H18FN3/c1-10(2)19-9-18-15-13(19)7-8-17-14(15)11-3-5-12(16)6-4-11/h3-6,9-10,14,17H,7-8H2,1-2H3. The first-order chi connectivity index (χ1) is 9.16. The summed E-state index contributed by atoms with van der Waals surface area (Å²) in [7, 11) is 0. The molecule has 4 heteroatoms. The predicted molar refractivity (Wildman–Crippen MR) is 72.6 cm³/mol. The van der Waals surface area contributed by atoms with Crippen LogP contribution in [-0.2, 0) is 6.42 Å². The lowest BCUT2D eigenvalue weighted by molar-refractivity contribution is 0.512. The van der Waals surface area contributed by atoms with Gasteiger partial charge in [0.2, 0.25) is 0 Å². The molecule has 0 fully saturated rings. The number of rotatable bonds is 2. The van der Waals surface area contributed by atoms with Crippen molar-refractivity contribution in [2.75, 3.05) is 6.54 Å². The number of benzene rings is 1. The van der Waals surface area contributed by atoms with Crippen LogP contribution < -0.4 is 5.32 Å². The fourth-order valence-corrected chi connectivity index (χ4v) is 2.71. The van der Waals surface area contributed by atoms with Gasteiger partial charge >= 0.3 is 0 Å². The third kappa shape index (κ3) is 2.16. The van der Waals surface area contributed by atoms with Gasteiger partial charge in [0.25, 0.3) is 0 Å². The van der Waals surface area contributed by atoms with Gasteiger partial charge < -0.3 is 9.88 Å². The molecule has 0 bridgehead atoms. The number of nitrogens with one attached hydrogen (secondary N) is 1. The van der Waals surface area contributed by atoms with Crippen molar-refractivity contribution in [3.63, 3.8) is 0 Å². The first-order valence-electron chi connectivity index (χ1n) is 6.71. The molecule has 0 amide bonds. The van der Waals surface area contributed by atoms with Crippen LogP contribution in [-0.4, -0.2) is 16.1 Å². The van der Waals surface area contributed by atoms with Crippen molar-refractivity contribution in [3.05, 3.63) is 53.4 Å². The molecule has 1 aromatic carbocycles. The summed E-state index contributed by atoms with van der Waals surface area (Å²) >= 11 is 0. The van der Waals surface area contributed by atoms with Crippen LogP contribution in [0.25, 0.3) is 0 Å². The third-order valence-corrected chi connectivity index (χ3v) is 3.67. The van der Waals surface area contributed by atoms with Crippen molar-refractivity contribution in [2.45, 2.75) is 32.4 Å². The number of halogens is 1. The van der Waals surface area contributed by atoms with E-state index in [1.165, 1.54) is 17.8 Å². The van der Waals surface area contributed by atoms with Gasteiger partial charge in [-0.2, -0.15) is 0 Å². The van der Waals surface area contributed by atoms with Gasteiger partial charge in [0, 0.05) is 24.7 Å². The molecule has 1 unspecified atom stereocenters. The SMILES string of the molecule is CC(C)n1cnc2c1CCNC2c1ccc(F)cc1. The van der Waals surface area contributed by atoms with E-state index >= 15 is 0 Å². The maximum atomic E-state index is 13.0. The van der Waals surface area contributed by atoms with Gasteiger partial charge in [0.1, 0.15) is 5.82 Å². The number of imidazole rings is 1. The number of aromatic nitrogens is 2. The maximum absolute atomic E-state index is 13.0. The highest BCUT2D eigenvalue weighted by atomic mass is 19.1. The Kier molecular flexibility index (Phi) is 3.11. The summed E-state index contributed by atoms with van der Waals surface area (Å²) in [5.74, 6) is -0.201. The fraction of sp³-hybridized carbons (Fsp3) is 0.400. The molecular weight excluding hydrogens is 241 g/mol. The van der Waals surface area contributed by atoms with Gasteiger partial charge in [0.05, 0.1) is 18.1 Å². The van der Waals surface area contributed by atoms with E-state index in [1.807, 2.05) is 18.5 Å². The van der Waals surface area contributed by atoms with Crippen molar-refractivity contribution in [2.24, 2.45) is 0 Å². The monoisotopic (exact) mass is 259 g/mol. The Morgan fingerprint density at radius 2 is 2.05 bits per heavy atom. The van der Waals surface area contributed by atoms with E-state index < -0.39 is 0 Å². The second-order valence-electron chi connectivity index (χ2n) is 5.27. The van der Waals surface area contributed by atoms with Crippen LogP contribution in [0.5, 0.6) is 0 Å². The molecule has 2 heterocycles. The van der Waals surface area contributed by atoms with Gasteiger partial charge in [0.15, 0.2) is 0 Å².